The molecule has 26 heavy (non-hydrogen) atoms. The maximum Gasteiger partial charge on any atom is 0.222 e. The molecule has 1 amide bonds. The summed E-state index contributed by atoms with van der Waals surface area (Å²) in [4.78, 5) is 16.0. The molecule has 7 heteroatoms. The second kappa shape index (κ2) is 7.96. The molecule has 1 spiro atoms. The molecule has 0 bridgehead atoms. The van der Waals surface area contributed by atoms with Gasteiger partial charge in [0, 0.05) is 38.2 Å². The molecule has 2 fully saturated rings. The van der Waals surface area contributed by atoms with E-state index in [1.165, 1.54) is 6.07 Å². The molecule has 2 aliphatic heterocycles. The highest BCUT2D eigenvalue weighted by Gasteiger charge is 2.40. The number of hydrogen-bond acceptors (Lipinski definition) is 3. The number of hydrogen-bond donors (Lipinski definition) is 1. The van der Waals surface area contributed by atoms with Crippen LogP contribution in [-0.2, 0) is 11.3 Å². The van der Waals surface area contributed by atoms with E-state index < -0.39 is 17.5 Å². The lowest BCUT2D eigenvalue weighted by molar-refractivity contribution is -0.139. The quantitative estimate of drug-likeness (QED) is 0.811. The van der Waals surface area contributed by atoms with Crippen LogP contribution in [0.3, 0.4) is 0 Å². The molecule has 0 atom stereocenters. The number of aliphatic hydroxyl groups excluding tert-OH is 1. The molecule has 4 nitrogen and oxygen atoms in total. The maximum absolute atomic E-state index is 13.9. The molecule has 2 saturated heterocycles. The summed E-state index contributed by atoms with van der Waals surface area (Å²) in [5, 5.41) is 8.99. The zero-order valence-electron chi connectivity index (χ0n) is 14.8. The Morgan fingerprint density at radius 2 is 1.81 bits per heavy atom. The van der Waals surface area contributed by atoms with E-state index in [1.54, 1.807) is 0 Å². The van der Waals surface area contributed by atoms with Crippen LogP contribution in [0, 0.1) is 22.9 Å². The van der Waals surface area contributed by atoms with Crippen molar-refractivity contribution in [2.75, 3.05) is 32.8 Å². The highest BCUT2D eigenvalue weighted by Crippen LogP contribution is 2.40. The van der Waals surface area contributed by atoms with E-state index in [0.29, 0.717) is 25.9 Å². The predicted octanol–water partition coefficient (Wildman–Crippen LogP) is 2.69. The summed E-state index contributed by atoms with van der Waals surface area (Å²) in [6, 6.07) is 2.26. The number of nitrogens with zero attached hydrogens (tertiary/aromatic N) is 2. The average Bonchev–Trinajstić information content (AvgIpc) is 2.65. The first-order valence-corrected chi connectivity index (χ1v) is 9.17. The van der Waals surface area contributed by atoms with Crippen LogP contribution in [0.2, 0.25) is 0 Å². The Hall–Kier alpha value is -1.60. The minimum absolute atomic E-state index is 0.0738. The van der Waals surface area contributed by atoms with Crippen molar-refractivity contribution in [1.29, 1.82) is 0 Å². The first-order valence-electron chi connectivity index (χ1n) is 9.17. The van der Waals surface area contributed by atoms with Gasteiger partial charge < -0.3 is 10.0 Å². The lowest BCUT2D eigenvalue weighted by Crippen LogP contribution is -2.51. The molecule has 0 aromatic heterocycles. The number of piperidine rings is 2. The SMILES string of the molecule is O=C1CCC2(CCN(Cc3ccc(F)c(F)c3F)CC2)CN1CCCO. The van der Waals surface area contributed by atoms with E-state index in [2.05, 4.69) is 4.90 Å². The Kier molecular flexibility index (Phi) is 5.87. The minimum Gasteiger partial charge on any atom is -0.396 e. The molecule has 0 radical (unpaired) electrons. The molecule has 1 N–H and O–H groups in total. The van der Waals surface area contributed by atoms with Crippen LogP contribution >= 0.6 is 0 Å². The van der Waals surface area contributed by atoms with Crippen molar-refractivity contribution in [3.8, 4) is 0 Å². The molecule has 3 rings (SSSR count). The number of carbonyl (C=O) groups is 1. The van der Waals surface area contributed by atoms with Gasteiger partial charge in [0.25, 0.3) is 0 Å². The van der Waals surface area contributed by atoms with Crippen LogP contribution < -0.4 is 0 Å². The number of aliphatic hydroxyl groups is 1. The average molecular weight is 370 g/mol. The van der Waals surface area contributed by atoms with Crippen LogP contribution in [0.1, 0.15) is 37.7 Å². The van der Waals surface area contributed by atoms with Crippen LogP contribution in [-0.4, -0.2) is 53.6 Å². The maximum atomic E-state index is 13.9. The van der Waals surface area contributed by atoms with Gasteiger partial charge in [0.05, 0.1) is 0 Å². The van der Waals surface area contributed by atoms with E-state index in [1.807, 2.05) is 4.90 Å². The molecule has 0 aliphatic carbocycles. The van der Waals surface area contributed by atoms with Gasteiger partial charge in [-0.1, -0.05) is 6.07 Å². The number of benzene rings is 1. The normalized spacial score (nSPS) is 20.8. The van der Waals surface area contributed by atoms with Crippen molar-refractivity contribution < 1.29 is 23.1 Å². The zero-order chi connectivity index (χ0) is 18.7. The molecule has 1 aromatic carbocycles. The molecular formula is C19H25F3N2O2. The number of likely N-dealkylation sites (tertiary alicyclic amines) is 2. The summed E-state index contributed by atoms with van der Waals surface area (Å²) in [5.41, 5.74) is 0.246. The Bertz CT molecular complexity index is 660. The fraction of sp³-hybridized carbons (Fsp3) is 0.632. The van der Waals surface area contributed by atoms with Gasteiger partial charge in [0.2, 0.25) is 5.91 Å². The third kappa shape index (κ3) is 4.04. The minimum atomic E-state index is -1.42. The lowest BCUT2D eigenvalue weighted by Gasteiger charge is -2.47. The Labute approximate surface area is 151 Å². The monoisotopic (exact) mass is 370 g/mol. The number of halogens is 3. The van der Waals surface area contributed by atoms with Crippen molar-refractivity contribution in [3.63, 3.8) is 0 Å². The Balaban J connectivity index is 1.59. The Morgan fingerprint density at radius 3 is 2.50 bits per heavy atom. The standard InChI is InChI=1S/C19H25F3N2O2/c20-15-3-2-14(17(21)18(15)22)12-23-9-6-19(7-10-23)5-4-16(26)24(13-19)8-1-11-25/h2-3,25H,1,4-13H2. The summed E-state index contributed by atoms with van der Waals surface area (Å²) in [6.07, 6.45) is 3.75. The van der Waals surface area contributed by atoms with Gasteiger partial charge in [-0.25, -0.2) is 13.2 Å². The Morgan fingerprint density at radius 1 is 1.08 bits per heavy atom. The number of rotatable bonds is 5. The first-order chi connectivity index (χ1) is 12.4. The van der Waals surface area contributed by atoms with Crippen molar-refractivity contribution in [2.45, 2.75) is 38.6 Å². The second-order valence-corrected chi connectivity index (χ2v) is 7.50. The lowest BCUT2D eigenvalue weighted by atomic mass is 9.72. The number of carbonyl (C=O) groups excluding carboxylic acids is 1. The summed E-state index contributed by atoms with van der Waals surface area (Å²) in [6.45, 7) is 3.09. The van der Waals surface area contributed by atoms with Gasteiger partial charge in [-0.3, -0.25) is 9.69 Å². The molecule has 0 saturated carbocycles. The van der Waals surface area contributed by atoms with Gasteiger partial charge in [-0.05, 0) is 50.3 Å². The van der Waals surface area contributed by atoms with Gasteiger partial charge in [-0.2, -0.15) is 0 Å². The van der Waals surface area contributed by atoms with Gasteiger partial charge in [0.1, 0.15) is 0 Å². The predicted molar refractivity (Wildman–Crippen MR) is 90.8 cm³/mol. The van der Waals surface area contributed by atoms with Gasteiger partial charge >= 0.3 is 0 Å². The molecule has 2 heterocycles. The zero-order valence-corrected chi connectivity index (χ0v) is 14.8. The first kappa shape index (κ1) is 19.2. The van der Waals surface area contributed by atoms with Crippen molar-refractivity contribution in [2.24, 2.45) is 5.41 Å². The van der Waals surface area contributed by atoms with Gasteiger partial charge in [-0.15, -0.1) is 0 Å². The molecule has 0 unspecified atom stereocenters. The smallest absolute Gasteiger partial charge is 0.222 e. The van der Waals surface area contributed by atoms with Crippen LogP contribution in [0.25, 0.3) is 0 Å². The van der Waals surface area contributed by atoms with Crippen molar-refractivity contribution >= 4 is 5.91 Å². The highest BCUT2D eigenvalue weighted by molar-refractivity contribution is 5.77. The summed E-state index contributed by atoms with van der Waals surface area (Å²) in [7, 11) is 0. The topological polar surface area (TPSA) is 43.8 Å². The van der Waals surface area contributed by atoms with E-state index in [9.17, 15) is 18.0 Å². The van der Waals surface area contributed by atoms with E-state index in [-0.39, 0.29) is 30.0 Å². The fourth-order valence-corrected chi connectivity index (χ4v) is 4.09. The van der Waals surface area contributed by atoms with E-state index >= 15 is 0 Å². The van der Waals surface area contributed by atoms with Crippen molar-refractivity contribution in [3.05, 3.63) is 35.1 Å². The van der Waals surface area contributed by atoms with E-state index in [4.69, 9.17) is 5.11 Å². The molecule has 2 aliphatic rings. The summed E-state index contributed by atoms with van der Waals surface area (Å²) >= 11 is 0. The summed E-state index contributed by atoms with van der Waals surface area (Å²) in [5.74, 6) is -3.54. The summed E-state index contributed by atoms with van der Waals surface area (Å²) < 4.78 is 40.3. The number of amides is 1. The van der Waals surface area contributed by atoms with Crippen LogP contribution in [0.5, 0.6) is 0 Å². The second-order valence-electron chi connectivity index (χ2n) is 7.50. The molecule has 1 aromatic rings. The van der Waals surface area contributed by atoms with Crippen molar-refractivity contribution in [1.82, 2.24) is 9.80 Å². The largest absolute Gasteiger partial charge is 0.396 e. The molecule has 144 valence electrons. The van der Waals surface area contributed by atoms with Crippen LogP contribution in [0.15, 0.2) is 12.1 Å². The highest BCUT2D eigenvalue weighted by atomic mass is 19.2. The third-order valence-corrected chi connectivity index (χ3v) is 5.76. The third-order valence-electron chi connectivity index (χ3n) is 5.76. The van der Waals surface area contributed by atoms with E-state index in [0.717, 1.165) is 38.4 Å². The molecular weight excluding hydrogens is 345 g/mol. The van der Waals surface area contributed by atoms with Gasteiger partial charge in [0.15, 0.2) is 17.5 Å². The fourth-order valence-electron chi connectivity index (χ4n) is 4.09. The van der Waals surface area contributed by atoms with Crippen LogP contribution in [0.4, 0.5) is 13.2 Å².